The summed E-state index contributed by atoms with van der Waals surface area (Å²) < 4.78 is 0. The summed E-state index contributed by atoms with van der Waals surface area (Å²) in [6.45, 7) is 3.25. The second kappa shape index (κ2) is 24.5. The molecule has 0 aliphatic carbocycles. The van der Waals surface area contributed by atoms with E-state index in [0.717, 1.165) is 9.80 Å². The van der Waals surface area contributed by atoms with Crippen LogP contribution in [0.1, 0.15) is 0 Å². The maximum Gasteiger partial charge on any atom is 1.00 e. The van der Waals surface area contributed by atoms with Crippen LogP contribution in [0.4, 0.5) is 0 Å². The Morgan fingerprint density at radius 1 is 0.692 bits per heavy atom. The molecular weight excluding hydrogens is 374 g/mol. The fraction of sp³-hybridized carbons (Fsp3) is 0.500. The van der Waals surface area contributed by atoms with E-state index in [1.807, 2.05) is 0 Å². The molecule has 26 heavy (non-hydrogen) atoms. The van der Waals surface area contributed by atoms with Gasteiger partial charge in [-0.15, -0.1) is 13.2 Å². The van der Waals surface area contributed by atoms with Crippen LogP contribution in [-0.4, -0.2) is 83.2 Å². The third-order valence-electron chi connectivity index (χ3n) is 2.16. The monoisotopic (exact) mass is 398 g/mol. The topological polar surface area (TPSA) is 231 Å². The van der Waals surface area contributed by atoms with Crippen LogP contribution in [0.25, 0.3) is 0 Å². The molecule has 8 N–H and O–H groups in total. The molecule has 0 aromatic carbocycles. The van der Waals surface area contributed by atoms with E-state index < -0.39 is 50.1 Å². The van der Waals surface area contributed by atoms with E-state index in [1.54, 1.807) is 0 Å². The third-order valence-corrected chi connectivity index (χ3v) is 2.16. The van der Waals surface area contributed by atoms with Gasteiger partial charge in [0, 0.05) is 26.2 Å². The first kappa shape index (κ1) is 40.2. The Morgan fingerprint density at radius 3 is 1.08 bits per heavy atom. The van der Waals surface area contributed by atoms with E-state index in [1.165, 1.54) is 0 Å². The number of carboxylic acids is 4. The van der Waals surface area contributed by atoms with Crippen molar-refractivity contribution < 1.29 is 98.7 Å². The first-order chi connectivity index (χ1) is 10.2. The van der Waals surface area contributed by atoms with Crippen molar-refractivity contribution >= 4 is 23.9 Å². The van der Waals surface area contributed by atoms with Crippen LogP contribution in [-0.2, 0) is 19.2 Å². The molecular formula is C12H24N4Na2O8. The van der Waals surface area contributed by atoms with Crippen LogP contribution in [0.3, 0.4) is 0 Å². The molecule has 0 saturated carbocycles. The minimum atomic E-state index is -1.49. The van der Waals surface area contributed by atoms with Gasteiger partial charge in [-0.2, -0.15) is 0 Å². The Morgan fingerprint density at radius 2 is 0.923 bits per heavy atom. The largest absolute Gasteiger partial charge is 1.00 e. The second-order valence-corrected chi connectivity index (χ2v) is 3.95. The Hall–Kier alpha value is -0.540. The number of carbonyl (C=O) groups excluding carboxylic acids is 2. The Bertz CT molecular complexity index is 347. The van der Waals surface area contributed by atoms with E-state index >= 15 is 0 Å². The second-order valence-electron chi connectivity index (χ2n) is 3.95. The zero-order chi connectivity index (χ0) is 17.7. The summed E-state index contributed by atoms with van der Waals surface area (Å²) in [7, 11) is 0. The van der Waals surface area contributed by atoms with Gasteiger partial charge >= 0.3 is 71.1 Å². The van der Waals surface area contributed by atoms with Crippen LogP contribution in [0.5, 0.6) is 0 Å². The van der Waals surface area contributed by atoms with Crippen molar-refractivity contribution in [2.75, 3.05) is 39.3 Å². The molecule has 0 aliphatic heterocycles. The zero-order valence-electron chi connectivity index (χ0n) is 15.3. The zero-order valence-corrected chi connectivity index (χ0v) is 19.3. The molecule has 12 nitrogen and oxygen atoms in total. The molecule has 0 aromatic rings. The number of carbonyl (C=O) groups is 4. The van der Waals surface area contributed by atoms with Crippen molar-refractivity contribution in [1.82, 2.24) is 22.1 Å². The van der Waals surface area contributed by atoms with Crippen LogP contribution >= 0.6 is 0 Å². The van der Waals surface area contributed by atoms with Crippen LogP contribution in [0, 0.1) is 0 Å². The molecule has 0 aromatic heterocycles. The smallest absolute Gasteiger partial charge is 0.549 e. The molecule has 0 radical (unpaired) electrons. The number of hydrogen-bond acceptors (Lipinski definition) is 10. The molecule has 0 unspecified atom stereocenters. The van der Waals surface area contributed by atoms with Crippen molar-refractivity contribution in [3.05, 3.63) is 13.2 Å². The summed E-state index contributed by atoms with van der Waals surface area (Å²) in [6.07, 6.45) is 0. The van der Waals surface area contributed by atoms with Gasteiger partial charge < -0.3 is 42.3 Å². The van der Waals surface area contributed by atoms with E-state index in [0.29, 0.717) is 0 Å². The van der Waals surface area contributed by atoms with E-state index in [4.69, 9.17) is 10.2 Å². The normalized spacial score (nSPS) is 8.38. The first-order valence-corrected chi connectivity index (χ1v) is 5.98. The maximum absolute atomic E-state index is 10.5. The fourth-order valence-corrected chi connectivity index (χ4v) is 1.46. The quantitative estimate of drug-likeness (QED) is 0.188. The molecule has 0 rings (SSSR count). The molecule has 0 bridgehead atoms. The molecule has 0 aliphatic rings. The predicted molar refractivity (Wildman–Crippen MR) is 79.5 cm³/mol. The van der Waals surface area contributed by atoms with Crippen molar-refractivity contribution in [3.63, 3.8) is 0 Å². The van der Waals surface area contributed by atoms with Crippen LogP contribution in [0.15, 0.2) is 13.2 Å². The molecule has 0 fully saturated rings. The van der Waals surface area contributed by atoms with Gasteiger partial charge in [0.1, 0.15) is 0 Å². The Labute approximate surface area is 196 Å². The van der Waals surface area contributed by atoms with Gasteiger partial charge in [0.2, 0.25) is 0 Å². The minimum Gasteiger partial charge on any atom is -0.549 e. The molecule has 14 heteroatoms. The van der Waals surface area contributed by atoms with Crippen LogP contribution in [0.2, 0.25) is 0 Å². The summed E-state index contributed by atoms with van der Waals surface area (Å²) in [6, 6.07) is 0. The van der Waals surface area contributed by atoms with E-state index in [-0.39, 0.29) is 84.5 Å². The average Bonchev–Trinajstić information content (AvgIpc) is 2.35. The summed E-state index contributed by atoms with van der Waals surface area (Å²) in [4.78, 5) is 43.9. The fourth-order valence-electron chi connectivity index (χ4n) is 1.46. The van der Waals surface area contributed by atoms with E-state index in [9.17, 15) is 29.4 Å². The molecule has 142 valence electrons. The predicted octanol–water partition coefficient (Wildman–Crippen LogP) is -9.61. The standard InChI is InChI=1S/C10H16N2O8.C2H4.2H3N.2Na/c13-7(14)3-11(4-8(15)16)1-2-12(5-9(17)18)6-10(19)20;1-2;;;;/h1-6H2,(H,13,14)(H,15,16)(H,17,18)(H,19,20);1-2H2;2*1H3;;/q;;;;2*+1/p-2. The molecule has 0 heterocycles. The minimum absolute atomic E-state index is 0. The van der Waals surface area contributed by atoms with Gasteiger partial charge in [0.15, 0.2) is 0 Å². The van der Waals surface area contributed by atoms with Gasteiger partial charge in [-0.05, 0) is 0 Å². The summed E-state index contributed by atoms with van der Waals surface area (Å²) in [5.74, 6) is -5.52. The average molecular weight is 398 g/mol. The number of rotatable bonds is 11. The number of nitrogens with zero attached hydrogens (tertiary/aromatic N) is 2. The van der Waals surface area contributed by atoms with Crippen molar-refractivity contribution in [2.24, 2.45) is 0 Å². The van der Waals surface area contributed by atoms with Gasteiger partial charge in [0.25, 0.3) is 0 Å². The number of hydrogen-bond donors (Lipinski definition) is 4. The molecule has 0 amide bonds. The van der Waals surface area contributed by atoms with Crippen molar-refractivity contribution in [1.29, 1.82) is 0 Å². The Kier molecular flexibility index (Phi) is 37.8. The third kappa shape index (κ3) is 28.3. The van der Waals surface area contributed by atoms with Crippen molar-refractivity contribution in [2.45, 2.75) is 0 Å². The Balaban J connectivity index is -0.000000160. The SMILES string of the molecule is C=C.N.N.O=C([O-])CN(CCN(CC(=O)[O-])CC(=O)O)CC(=O)O.[Na+].[Na+]. The van der Waals surface area contributed by atoms with E-state index in [2.05, 4.69) is 13.2 Å². The summed E-state index contributed by atoms with van der Waals surface area (Å²) >= 11 is 0. The van der Waals surface area contributed by atoms with Crippen molar-refractivity contribution in [3.8, 4) is 0 Å². The first-order valence-electron chi connectivity index (χ1n) is 5.98. The number of aliphatic carboxylic acids is 4. The molecule has 0 saturated heterocycles. The molecule has 0 spiro atoms. The summed E-state index contributed by atoms with van der Waals surface area (Å²) in [5, 5.41) is 38.0. The maximum atomic E-state index is 10.5. The van der Waals surface area contributed by atoms with Gasteiger partial charge in [-0.3, -0.25) is 19.4 Å². The van der Waals surface area contributed by atoms with Crippen LogP contribution < -0.4 is 81.6 Å². The molecule has 0 atom stereocenters. The number of carboxylic acid groups (broad SMARTS) is 4. The van der Waals surface area contributed by atoms with Gasteiger partial charge in [-0.25, -0.2) is 0 Å². The summed E-state index contributed by atoms with van der Waals surface area (Å²) in [5.41, 5.74) is 0. The van der Waals surface area contributed by atoms with Gasteiger partial charge in [0.05, 0.1) is 25.0 Å². The van der Waals surface area contributed by atoms with Gasteiger partial charge in [-0.1, -0.05) is 0 Å².